The van der Waals surface area contributed by atoms with Gasteiger partial charge in [-0.2, -0.15) is 0 Å². The number of methoxy groups -OCH3 is 3. The number of benzene rings is 2. The molecule has 0 spiro atoms. The SMILES string of the molecule is COc1cc(OC)cc(N2C(=O)CC(c3ccccc3OC)C3=C2CCCC3=O)c1. The Morgan fingerprint density at radius 2 is 1.60 bits per heavy atom. The Bertz CT molecular complexity index is 1000. The van der Waals surface area contributed by atoms with Gasteiger partial charge >= 0.3 is 0 Å². The molecule has 1 atom stereocenters. The zero-order valence-electron chi connectivity index (χ0n) is 17.4. The summed E-state index contributed by atoms with van der Waals surface area (Å²) in [5.74, 6) is 1.60. The number of hydrogen-bond acceptors (Lipinski definition) is 5. The Balaban J connectivity index is 1.88. The van der Waals surface area contributed by atoms with Gasteiger partial charge in [-0.25, -0.2) is 0 Å². The third-order valence-electron chi connectivity index (χ3n) is 5.78. The lowest BCUT2D eigenvalue weighted by Gasteiger charge is -2.38. The summed E-state index contributed by atoms with van der Waals surface area (Å²) in [7, 11) is 4.75. The number of amides is 1. The highest BCUT2D eigenvalue weighted by atomic mass is 16.5. The molecule has 1 amide bonds. The van der Waals surface area contributed by atoms with Crippen LogP contribution in [0.3, 0.4) is 0 Å². The van der Waals surface area contributed by atoms with E-state index in [0.717, 1.165) is 17.7 Å². The van der Waals surface area contributed by atoms with Gasteiger partial charge in [-0.3, -0.25) is 14.5 Å². The van der Waals surface area contributed by atoms with Crippen molar-refractivity contribution in [3.63, 3.8) is 0 Å². The molecule has 2 aromatic carbocycles. The molecule has 0 bridgehead atoms. The largest absolute Gasteiger partial charge is 0.497 e. The van der Waals surface area contributed by atoms with Gasteiger partial charge in [-0.05, 0) is 18.9 Å². The molecule has 0 saturated carbocycles. The zero-order chi connectivity index (χ0) is 21.3. The van der Waals surface area contributed by atoms with Crippen molar-refractivity contribution in [2.24, 2.45) is 0 Å². The molecule has 2 aromatic rings. The van der Waals surface area contributed by atoms with Crippen LogP contribution < -0.4 is 19.1 Å². The number of hydrogen-bond donors (Lipinski definition) is 0. The van der Waals surface area contributed by atoms with Gasteiger partial charge in [0.2, 0.25) is 5.91 Å². The predicted molar refractivity (Wildman–Crippen MR) is 113 cm³/mol. The van der Waals surface area contributed by atoms with Crippen LogP contribution in [0.1, 0.15) is 37.2 Å². The molecule has 156 valence electrons. The van der Waals surface area contributed by atoms with Crippen molar-refractivity contribution >= 4 is 17.4 Å². The van der Waals surface area contributed by atoms with E-state index in [4.69, 9.17) is 14.2 Å². The van der Waals surface area contributed by atoms with Gasteiger partial charge in [-0.15, -0.1) is 0 Å². The van der Waals surface area contributed by atoms with E-state index in [9.17, 15) is 9.59 Å². The first-order chi connectivity index (χ1) is 14.6. The monoisotopic (exact) mass is 407 g/mol. The van der Waals surface area contributed by atoms with Gasteiger partial charge in [0.15, 0.2) is 5.78 Å². The number of nitrogens with zero attached hydrogens (tertiary/aromatic N) is 1. The Kier molecular flexibility index (Phi) is 5.48. The maximum absolute atomic E-state index is 13.4. The maximum Gasteiger partial charge on any atom is 0.232 e. The van der Waals surface area contributed by atoms with Crippen LogP contribution in [-0.4, -0.2) is 33.0 Å². The van der Waals surface area contributed by atoms with Crippen LogP contribution >= 0.6 is 0 Å². The minimum atomic E-state index is -0.305. The molecule has 1 heterocycles. The van der Waals surface area contributed by atoms with E-state index in [0.29, 0.717) is 41.4 Å². The van der Waals surface area contributed by atoms with Crippen molar-refractivity contribution in [3.05, 3.63) is 59.3 Å². The molecule has 30 heavy (non-hydrogen) atoms. The number of anilines is 1. The van der Waals surface area contributed by atoms with Crippen LogP contribution in [0, 0.1) is 0 Å². The second kappa shape index (κ2) is 8.22. The summed E-state index contributed by atoms with van der Waals surface area (Å²) in [5.41, 5.74) is 3.01. The van der Waals surface area contributed by atoms with Crippen LogP contribution in [-0.2, 0) is 9.59 Å². The molecule has 1 aliphatic carbocycles. The molecule has 0 saturated heterocycles. The van der Waals surface area contributed by atoms with Crippen molar-refractivity contribution in [2.75, 3.05) is 26.2 Å². The van der Waals surface area contributed by atoms with Crippen molar-refractivity contribution in [2.45, 2.75) is 31.6 Å². The number of ketones is 1. The number of para-hydroxylation sites is 1. The fourth-order valence-corrected chi connectivity index (χ4v) is 4.43. The average Bonchev–Trinajstić information content (AvgIpc) is 2.78. The van der Waals surface area contributed by atoms with Crippen LogP contribution in [0.25, 0.3) is 0 Å². The summed E-state index contributed by atoms with van der Waals surface area (Å²) in [5, 5.41) is 0. The van der Waals surface area contributed by atoms with Gasteiger partial charge in [0.25, 0.3) is 0 Å². The summed E-state index contributed by atoms with van der Waals surface area (Å²) < 4.78 is 16.3. The van der Waals surface area contributed by atoms with Crippen LogP contribution in [0.4, 0.5) is 5.69 Å². The average molecular weight is 407 g/mol. The molecule has 1 unspecified atom stereocenters. The van der Waals surface area contributed by atoms with Gasteiger partial charge < -0.3 is 14.2 Å². The number of carbonyl (C=O) groups excluding carboxylic acids is 2. The smallest absolute Gasteiger partial charge is 0.232 e. The van der Waals surface area contributed by atoms with Gasteiger partial charge in [0.1, 0.15) is 17.2 Å². The van der Waals surface area contributed by atoms with E-state index < -0.39 is 0 Å². The minimum absolute atomic E-state index is 0.0605. The highest BCUT2D eigenvalue weighted by molar-refractivity contribution is 6.07. The zero-order valence-corrected chi connectivity index (χ0v) is 17.4. The second-order valence-corrected chi connectivity index (χ2v) is 7.44. The maximum atomic E-state index is 13.4. The van der Waals surface area contributed by atoms with Crippen molar-refractivity contribution in [3.8, 4) is 17.2 Å². The van der Waals surface area contributed by atoms with Crippen LogP contribution in [0.2, 0.25) is 0 Å². The number of allylic oxidation sites excluding steroid dienone is 2. The number of rotatable bonds is 5. The summed E-state index contributed by atoms with van der Waals surface area (Å²) in [6.45, 7) is 0. The number of Topliss-reactive ketones (excluding diaryl/α,β-unsaturated/α-hetero) is 1. The van der Waals surface area contributed by atoms with E-state index in [1.54, 1.807) is 44.4 Å². The highest BCUT2D eigenvalue weighted by Gasteiger charge is 2.40. The van der Waals surface area contributed by atoms with E-state index in [1.165, 1.54) is 0 Å². The van der Waals surface area contributed by atoms with Crippen molar-refractivity contribution in [1.29, 1.82) is 0 Å². The standard InChI is InChI=1S/C24H25NO5/c1-28-16-11-15(12-17(13-16)29-2)25-20-8-6-9-21(26)24(20)19(14-23(25)27)18-7-4-5-10-22(18)30-3/h4-5,7,10-13,19H,6,8-9,14H2,1-3H3. The summed E-state index contributed by atoms with van der Waals surface area (Å²) >= 11 is 0. The first-order valence-electron chi connectivity index (χ1n) is 10.0. The summed E-state index contributed by atoms with van der Waals surface area (Å²) in [6.07, 6.45) is 2.08. The normalized spacial score (nSPS) is 18.9. The van der Waals surface area contributed by atoms with Gasteiger partial charge in [0, 0.05) is 53.8 Å². The molecule has 0 N–H and O–H groups in total. The summed E-state index contributed by atoms with van der Waals surface area (Å²) in [6, 6.07) is 13.0. The summed E-state index contributed by atoms with van der Waals surface area (Å²) in [4.78, 5) is 28.1. The third-order valence-corrected chi connectivity index (χ3v) is 5.78. The van der Waals surface area contributed by atoms with Gasteiger partial charge in [-0.1, -0.05) is 18.2 Å². The molecule has 4 rings (SSSR count). The fourth-order valence-electron chi connectivity index (χ4n) is 4.43. The Morgan fingerprint density at radius 3 is 2.27 bits per heavy atom. The lowest BCUT2D eigenvalue weighted by molar-refractivity contribution is -0.119. The molecule has 6 nitrogen and oxygen atoms in total. The molecule has 0 fully saturated rings. The topological polar surface area (TPSA) is 65.1 Å². The minimum Gasteiger partial charge on any atom is -0.497 e. The first kappa shape index (κ1) is 20.0. The third kappa shape index (κ3) is 3.43. The highest BCUT2D eigenvalue weighted by Crippen LogP contribution is 2.46. The lowest BCUT2D eigenvalue weighted by atomic mass is 9.77. The molecular formula is C24H25NO5. The van der Waals surface area contributed by atoms with Gasteiger partial charge in [0.05, 0.1) is 27.0 Å². The molecule has 1 aliphatic heterocycles. The van der Waals surface area contributed by atoms with Crippen LogP contribution in [0.5, 0.6) is 17.2 Å². The second-order valence-electron chi connectivity index (χ2n) is 7.44. The quantitative estimate of drug-likeness (QED) is 0.742. The molecule has 0 aromatic heterocycles. The Morgan fingerprint density at radius 1 is 0.900 bits per heavy atom. The van der Waals surface area contributed by atoms with E-state index in [2.05, 4.69) is 0 Å². The lowest BCUT2D eigenvalue weighted by Crippen LogP contribution is -2.40. The van der Waals surface area contributed by atoms with E-state index in [1.807, 2.05) is 24.3 Å². The molecule has 0 radical (unpaired) electrons. The Labute approximate surface area is 176 Å². The van der Waals surface area contributed by atoms with E-state index in [-0.39, 0.29) is 24.0 Å². The molecule has 2 aliphatic rings. The predicted octanol–water partition coefficient (Wildman–Crippen LogP) is 4.24. The number of carbonyl (C=O) groups is 2. The number of ether oxygens (including phenoxy) is 3. The Hall–Kier alpha value is -3.28. The van der Waals surface area contributed by atoms with E-state index >= 15 is 0 Å². The molecule has 6 heteroatoms. The van der Waals surface area contributed by atoms with Crippen LogP contribution in [0.15, 0.2) is 53.7 Å². The van der Waals surface area contributed by atoms with Crippen molar-refractivity contribution < 1.29 is 23.8 Å². The first-order valence-corrected chi connectivity index (χ1v) is 10.0. The fraction of sp³-hybridized carbons (Fsp3) is 0.333. The van der Waals surface area contributed by atoms with Crippen molar-refractivity contribution in [1.82, 2.24) is 0 Å². The molecular weight excluding hydrogens is 382 g/mol.